The van der Waals surface area contributed by atoms with E-state index in [1.807, 2.05) is 24.4 Å². The zero-order valence-corrected chi connectivity index (χ0v) is 14.2. The van der Waals surface area contributed by atoms with E-state index in [1.165, 1.54) is 44.9 Å². The Morgan fingerprint density at radius 3 is 2.41 bits per heavy atom. The average Bonchev–Trinajstić information content (AvgIpc) is 2.87. The van der Waals surface area contributed by atoms with Gasteiger partial charge in [0.1, 0.15) is 0 Å². The number of nitrogens with zero attached hydrogens (tertiary/aromatic N) is 1. The summed E-state index contributed by atoms with van der Waals surface area (Å²) >= 11 is 6.09. The van der Waals surface area contributed by atoms with Crippen LogP contribution in [0.1, 0.15) is 68.6 Å². The van der Waals surface area contributed by atoms with Gasteiger partial charge in [-0.2, -0.15) is 0 Å². The second kappa shape index (κ2) is 8.99. The zero-order valence-electron chi connectivity index (χ0n) is 13.5. The molecule has 0 aliphatic heterocycles. The van der Waals surface area contributed by atoms with Crippen LogP contribution >= 0.6 is 11.6 Å². The number of unbranched alkanes of at least 4 members (excludes halogenated alkanes) is 7. The van der Waals surface area contributed by atoms with Crippen molar-refractivity contribution in [2.24, 2.45) is 0 Å². The molecule has 0 spiro atoms. The molecule has 0 aliphatic carbocycles. The van der Waals surface area contributed by atoms with Crippen molar-refractivity contribution in [1.82, 2.24) is 4.57 Å². The minimum atomic E-state index is 0.722. The number of fused-ring (bicyclic) bond motifs is 1. The van der Waals surface area contributed by atoms with Crippen LogP contribution in [0, 0.1) is 0 Å². The molecule has 0 atom stereocenters. The molecule has 2 nitrogen and oxygen atoms in total. The number of rotatable bonds is 10. The standard InChI is InChI=1S/C19H26ClNO/c1-2-3-4-5-6-7-8-9-12-21-14-16(15-22)18-11-10-17(20)13-19(18)21/h10-11,13-15H,2-9,12H2,1H3. The van der Waals surface area contributed by atoms with Crippen molar-refractivity contribution < 1.29 is 4.79 Å². The Hall–Kier alpha value is -1.28. The van der Waals surface area contributed by atoms with Gasteiger partial charge < -0.3 is 4.57 Å². The maximum atomic E-state index is 11.2. The lowest BCUT2D eigenvalue weighted by atomic mass is 10.1. The first kappa shape index (κ1) is 17.1. The highest BCUT2D eigenvalue weighted by Crippen LogP contribution is 2.24. The summed E-state index contributed by atoms with van der Waals surface area (Å²) in [6.07, 6.45) is 13.4. The lowest BCUT2D eigenvalue weighted by molar-refractivity contribution is 0.112. The molecule has 1 heterocycles. The highest BCUT2D eigenvalue weighted by Gasteiger charge is 2.08. The number of aryl methyl sites for hydroxylation is 1. The van der Waals surface area contributed by atoms with Crippen molar-refractivity contribution in [3.05, 3.63) is 35.0 Å². The first-order valence-electron chi connectivity index (χ1n) is 8.50. The minimum Gasteiger partial charge on any atom is -0.347 e. The van der Waals surface area contributed by atoms with Gasteiger partial charge in [-0.3, -0.25) is 4.79 Å². The summed E-state index contributed by atoms with van der Waals surface area (Å²) in [6.45, 7) is 3.21. The van der Waals surface area contributed by atoms with E-state index in [4.69, 9.17) is 11.6 Å². The SMILES string of the molecule is CCCCCCCCCCn1cc(C=O)c2ccc(Cl)cc21. The van der Waals surface area contributed by atoms with E-state index in [1.54, 1.807) is 0 Å². The second-order valence-electron chi connectivity index (χ2n) is 6.03. The second-order valence-corrected chi connectivity index (χ2v) is 6.47. The van der Waals surface area contributed by atoms with Crippen LogP contribution in [0.2, 0.25) is 5.02 Å². The molecule has 22 heavy (non-hydrogen) atoms. The number of aldehydes is 1. The van der Waals surface area contributed by atoms with Crippen molar-refractivity contribution >= 4 is 28.8 Å². The van der Waals surface area contributed by atoms with E-state index in [-0.39, 0.29) is 0 Å². The summed E-state index contributed by atoms with van der Waals surface area (Å²) in [5.41, 5.74) is 1.82. The molecule has 0 saturated heterocycles. The van der Waals surface area contributed by atoms with E-state index in [0.717, 1.165) is 40.7 Å². The number of hydrogen-bond donors (Lipinski definition) is 0. The highest BCUT2D eigenvalue weighted by molar-refractivity contribution is 6.31. The fourth-order valence-corrected chi connectivity index (χ4v) is 3.15. The molecule has 120 valence electrons. The molecule has 0 saturated carbocycles. The van der Waals surface area contributed by atoms with Crippen molar-refractivity contribution in [3.8, 4) is 0 Å². The summed E-state index contributed by atoms with van der Waals surface area (Å²) in [5, 5.41) is 1.72. The third-order valence-corrected chi connectivity index (χ3v) is 4.49. The molecular weight excluding hydrogens is 294 g/mol. The number of halogens is 1. The van der Waals surface area contributed by atoms with Gasteiger partial charge in [0.15, 0.2) is 6.29 Å². The first-order chi connectivity index (χ1) is 10.8. The monoisotopic (exact) mass is 319 g/mol. The summed E-state index contributed by atoms with van der Waals surface area (Å²) in [7, 11) is 0. The van der Waals surface area contributed by atoms with Crippen LogP contribution in [0.3, 0.4) is 0 Å². The third-order valence-electron chi connectivity index (χ3n) is 4.25. The van der Waals surface area contributed by atoms with Gasteiger partial charge in [-0.1, -0.05) is 69.5 Å². The van der Waals surface area contributed by atoms with Gasteiger partial charge in [0.25, 0.3) is 0 Å². The van der Waals surface area contributed by atoms with E-state index in [2.05, 4.69) is 11.5 Å². The molecule has 0 N–H and O–H groups in total. The summed E-state index contributed by atoms with van der Waals surface area (Å²) in [4.78, 5) is 11.2. The van der Waals surface area contributed by atoms with Crippen LogP contribution in [0.25, 0.3) is 10.9 Å². The maximum Gasteiger partial charge on any atom is 0.152 e. The number of aromatic nitrogens is 1. The topological polar surface area (TPSA) is 22.0 Å². The van der Waals surface area contributed by atoms with Crippen LogP contribution in [0.15, 0.2) is 24.4 Å². The largest absolute Gasteiger partial charge is 0.347 e. The zero-order chi connectivity index (χ0) is 15.8. The fraction of sp³-hybridized carbons (Fsp3) is 0.526. The van der Waals surface area contributed by atoms with E-state index < -0.39 is 0 Å². The molecule has 0 unspecified atom stereocenters. The van der Waals surface area contributed by atoms with Crippen LogP contribution in [0.4, 0.5) is 0 Å². The maximum absolute atomic E-state index is 11.2. The van der Waals surface area contributed by atoms with Gasteiger partial charge in [-0.05, 0) is 18.6 Å². The van der Waals surface area contributed by atoms with E-state index >= 15 is 0 Å². The molecule has 2 rings (SSSR count). The van der Waals surface area contributed by atoms with Gasteiger partial charge in [0.2, 0.25) is 0 Å². The van der Waals surface area contributed by atoms with E-state index in [9.17, 15) is 4.79 Å². The van der Waals surface area contributed by atoms with E-state index in [0.29, 0.717) is 0 Å². The predicted octanol–water partition coefficient (Wildman–Crippen LogP) is 6.25. The number of benzene rings is 1. The Morgan fingerprint density at radius 2 is 1.73 bits per heavy atom. The van der Waals surface area contributed by atoms with Gasteiger partial charge in [-0.25, -0.2) is 0 Å². The molecular formula is C19H26ClNO. The number of carbonyl (C=O) groups excluding carboxylic acids is 1. The molecule has 2 aromatic rings. The molecule has 0 amide bonds. The average molecular weight is 320 g/mol. The third kappa shape index (κ3) is 4.61. The number of hydrogen-bond acceptors (Lipinski definition) is 1. The van der Waals surface area contributed by atoms with Gasteiger partial charge in [0.05, 0.1) is 5.52 Å². The molecule has 0 radical (unpaired) electrons. The fourth-order valence-electron chi connectivity index (χ4n) is 2.99. The predicted molar refractivity (Wildman–Crippen MR) is 94.9 cm³/mol. The highest BCUT2D eigenvalue weighted by atomic mass is 35.5. The van der Waals surface area contributed by atoms with Gasteiger partial charge >= 0.3 is 0 Å². The lowest BCUT2D eigenvalue weighted by Gasteiger charge is -2.06. The minimum absolute atomic E-state index is 0.722. The summed E-state index contributed by atoms with van der Waals surface area (Å²) in [6, 6.07) is 5.73. The summed E-state index contributed by atoms with van der Waals surface area (Å²) < 4.78 is 2.17. The Kier molecular flexibility index (Phi) is 6.98. The first-order valence-corrected chi connectivity index (χ1v) is 8.87. The van der Waals surface area contributed by atoms with Crippen LogP contribution in [0.5, 0.6) is 0 Å². The van der Waals surface area contributed by atoms with Crippen molar-refractivity contribution in [3.63, 3.8) is 0 Å². The van der Waals surface area contributed by atoms with Gasteiger partial charge in [0, 0.05) is 28.7 Å². The van der Waals surface area contributed by atoms with Crippen LogP contribution in [-0.4, -0.2) is 10.9 Å². The van der Waals surface area contributed by atoms with Crippen molar-refractivity contribution in [2.45, 2.75) is 64.8 Å². The van der Waals surface area contributed by atoms with Gasteiger partial charge in [-0.15, -0.1) is 0 Å². The Morgan fingerprint density at radius 1 is 1.05 bits per heavy atom. The molecule has 1 aromatic heterocycles. The van der Waals surface area contributed by atoms with Crippen LogP contribution in [-0.2, 0) is 6.54 Å². The Balaban J connectivity index is 1.84. The molecule has 1 aromatic carbocycles. The molecule has 3 heteroatoms. The quantitative estimate of drug-likeness (QED) is 0.375. The molecule has 0 aliphatic rings. The van der Waals surface area contributed by atoms with Crippen molar-refractivity contribution in [1.29, 1.82) is 0 Å². The lowest BCUT2D eigenvalue weighted by Crippen LogP contribution is -1.96. The molecule has 0 bridgehead atoms. The Bertz CT molecular complexity index is 603. The summed E-state index contributed by atoms with van der Waals surface area (Å²) in [5.74, 6) is 0. The smallest absolute Gasteiger partial charge is 0.152 e. The van der Waals surface area contributed by atoms with Crippen LogP contribution < -0.4 is 0 Å². The molecule has 0 fully saturated rings. The Labute approximate surface area is 138 Å². The number of carbonyl (C=O) groups is 1. The van der Waals surface area contributed by atoms with Crippen molar-refractivity contribution in [2.75, 3.05) is 0 Å². The normalized spacial score (nSPS) is 11.2.